The molecule has 0 saturated carbocycles. The maximum absolute atomic E-state index is 13.1. The second-order valence-electron chi connectivity index (χ2n) is 7.69. The topological polar surface area (TPSA) is 79.3 Å². The molecule has 28 heavy (non-hydrogen) atoms. The Morgan fingerprint density at radius 2 is 2.04 bits per heavy atom. The SMILES string of the molecule is CCc1nn(-c2ccccc2)c(NC(=O)N2C[C@@H]3CCC[C@H](C2)C(=O)N3)c1C. The summed E-state index contributed by atoms with van der Waals surface area (Å²) >= 11 is 0. The number of nitrogens with one attached hydrogen (secondary N) is 2. The first-order chi connectivity index (χ1) is 13.6. The average molecular weight is 381 g/mol. The second-order valence-corrected chi connectivity index (χ2v) is 7.69. The zero-order valence-electron chi connectivity index (χ0n) is 16.4. The van der Waals surface area contributed by atoms with Crippen molar-refractivity contribution in [1.82, 2.24) is 20.0 Å². The number of amides is 3. The molecule has 2 aliphatic rings. The number of rotatable bonds is 3. The van der Waals surface area contributed by atoms with Crippen molar-refractivity contribution in [2.75, 3.05) is 18.4 Å². The van der Waals surface area contributed by atoms with Crippen LogP contribution in [0.3, 0.4) is 0 Å². The number of anilines is 1. The van der Waals surface area contributed by atoms with Gasteiger partial charge in [0.1, 0.15) is 5.82 Å². The summed E-state index contributed by atoms with van der Waals surface area (Å²) in [5.41, 5.74) is 2.85. The highest BCUT2D eigenvalue weighted by Gasteiger charge is 2.34. The molecule has 0 radical (unpaired) electrons. The summed E-state index contributed by atoms with van der Waals surface area (Å²) in [6.45, 7) is 5.06. The first-order valence-electron chi connectivity index (χ1n) is 10.1. The summed E-state index contributed by atoms with van der Waals surface area (Å²) in [7, 11) is 0. The molecule has 4 rings (SSSR count). The Morgan fingerprint density at radius 3 is 2.79 bits per heavy atom. The Bertz CT molecular complexity index is 876. The summed E-state index contributed by atoms with van der Waals surface area (Å²) < 4.78 is 1.80. The lowest BCUT2D eigenvalue weighted by molar-refractivity contribution is -0.124. The molecule has 2 N–H and O–H groups in total. The lowest BCUT2D eigenvalue weighted by atomic mass is 9.99. The minimum atomic E-state index is -0.170. The summed E-state index contributed by atoms with van der Waals surface area (Å²) in [6, 6.07) is 9.68. The molecule has 0 aliphatic carbocycles. The standard InChI is InChI=1S/C21H27N5O2/c1-3-18-14(2)19(26(24-18)17-10-5-4-6-11-17)23-21(28)25-12-15-8-7-9-16(13-25)22-20(15)27/h4-6,10-11,15-16H,3,7-9,12-13H2,1-2H3,(H,22,27)(H,23,28)/t15-,16+/m1/s1. The molecule has 7 heteroatoms. The molecule has 148 valence electrons. The van der Waals surface area contributed by atoms with Crippen LogP contribution in [-0.4, -0.2) is 45.8 Å². The van der Waals surface area contributed by atoms with Crippen molar-refractivity contribution in [2.45, 2.75) is 45.6 Å². The number of carbonyl (C=O) groups is 2. The van der Waals surface area contributed by atoms with Crippen molar-refractivity contribution in [2.24, 2.45) is 5.92 Å². The lowest BCUT2D eigenvalue weighted by Gasteiger charge is -2.27. The van der Waals surface area contributed by atoms with E-state index >= 15 is 0 Å². The van der Waals surface area contributed by atoms with Gasteiger partial charge in [-0.2, -0.15) is 5.10 Å². The number of nitrogens with zero attached hydrogens (tertiary/aromatic N) is 3. The van der Waals surface area contributed by atoms with Crippen LogP contribution < -0.4 is 10.6 Å². The van der Waals surface area contributed by atoms with Gasteiger partial charge in [0.2, 0.25) is 5.91 Å². The summed E-state index contributed by atoms with van der Waals surface area (Å²) in [6.07, 6.45) is 3.59. The van der Waals surface area contributed by atoms with Crippen molar-refractivity contribution >= 4 is 17.8 Å². The van der Waals surface area contributed by atoms with Gasteiger partial charge < -0.3 is 10.2 Å². The molecule has 2 atom stereocenters. The normalized spacial score (nSPS) is 21.8. The molecule has 3 heterocycles. The molecule has 2 aromatic rings. The number of fused-ring (bicyclic) bond motifs is 3. The van der Waals surface area contributed by atoms with E-state index in [2.05, 4.69) is 17.6 Å². The quantitative estimate of drug-likeness (QED) is 0.858. The number of benzene rings is 1. The lowest BCUT2D eigenvalue weighted by Crippen LogP contribution is -2.43. The van der Waals surface area contributed by atoms with Crippen molar-refractivity contribution in [3.63, 3.8) is 0 Å². The van der Waals surface area contributed by atoms with Gasteiger partial charge in [-0.25, -0.2) is 9.48 Å². The second kappa shape index (κ2) is 7.66. The molecule has 0 unspecified atom stereocenters. The first kappa shape index (κ1) is 18.5. The molecule has 0 spiro atoms. The van der Waals surface area contributed by atoms with E-state index < -0.39 is 0 Å². The van der Waals surface area contributed by atoms with Crippen LogP contribution in [-0.2, 0) is 11.2 Å². The van der Waals surface area contributed by atoms with Gasteiger partial charge in [0, 0.05) is 24.7 Å². The van der Waals surface area contributed by atoms with E-state index in [0.29, 0.717) is 18.9 Å². The number of likely N-dealkylation sites (tertiary alicyclic amines) is 1. The number of aromatic nitrogens is 2. The zero-order chi connectivity index (χ0) is 19.7. The third-order valence-corrected chi connectivity index (χ3v) is 5.77. The zero-order valence-corrected chi connectivity index (χ0v) is 16.4. The number of hydrogen-bond donors (Lipinski definition) is 2. The number of para-hydroxylation sites is 1. The van der Waals surface area contributed by atoms with Crippen molar-refractivity contribution in [1.29, 1.82) is 0 Å². The fourth-order valence-electron chi connectivity index (χ4n) is 4.18. The van der Waals surface area contributed by atoms with Crippen molar-refractivity contribution in [3.8, 4) is 5.69 Å². The summed E-state index contributed by atoms with van der Waals surface area (Å²) in [4.78, 5) is 27.2. The Hall–Kier alpha value is -2.83. The van der Waals surface area contributed by atoms with E-state index in [1.165, 1.54) is 0 Å². The third kappa shape index (κ3) is 3.48. The van der Waals surface area contributed by atoms with Crippen LogP contribution in [0.15, 0.2) is 30.3 Å². The minimum absolute atomic E-state index is 0.0390. The van der Waals surface area contributed by atoms with Gasteiger partial charge in [-0.1, -0.05) is 31.5 Å². The van der Waals surface area contributed by atoms with Gasteiger partial charge in [-0.05, 0) is 38.3 Å². The van der Waals surface area contributed by atoms with Gasteiger partial charge in [0.15, 0.2) is 0 Å². The fourth-order valence-corrected chi connectivity index (χ4v) is 4.18. The van der Waals surface area contributed by atoms with Crippen LogP contribution in [0.25, 0.3) is 5.69 Å². The highest BCUT2D eigenvalue weighted by molar-refractivity contribution is 5.91. The highest BCUT2D eigenvalue weighted by atomic mass is 16.2. The van der Waals surface area contributed by atoms with E-state index in [9.17, 15) is 9.59 Å². The summed E-state index contributed by atoms with van der Waals surface area (Å²) in [5.74, 6) is 0.655. The molecule has 2 saturated heterocycles. The number of urea groups is 1. The average Bonchev–Trinajstić information content (AvgIpc) is 2.80. The minimum Gasteiger partial charge on any atom is -0.351 e. The van der Waals surface area contributed by atoms with Crippen LogP contribution in [0.1, 0.15) is 37.4 Å². The number of carbonyl (C=O) groups excluding carboxylic acids is 2. The molecular weight excluding hydrogens is 354 g/mol. The molecule has 3 amide bonds. The van der Waals surface area contributed by atoms with Gasteiger partial charge >= 0.3 is 6.03 Å². The van der Waals surface area contributed by atoms with E-state index in [1.807, 2.05) is 37.3 Å². The first-order valence-corrected chi connectivity index (χ1v) is 10.1. The predicted molar refractivity (Wildman–Crippen MR) is 108 cm³/mol. The molecule has 2 fully saturated rings. The molecular formula is C21H27N5O2. The van der Waals surface area contributed by atoms with Crippen LogP contribution in [0.4, 0.5) is 10.6 Å². The Morgan fingerprint density at radius 1 is 1.25 bits per heavy atom. The van der Waals surface area contributed by atoms with E-state index in [-0.39, 0.29) is 23.9 Å². The molecule has 2 aliphatic heterocycles. The molecule has 7 nitrogen and oxygen atoms in total. The van der Waals surface area contributed by atoms with Gasteiger partial charge in [-0.15, -0.1) is 0 Å². The van der Waals surface area contributed by atoms with Gasteiger partial charge in [0.05, 0.1) is 17.3 Å². The van der Waals surface area contributed by atoms with Crippen LogP contribution in [0.5, 0.6) is 0 Å². The number of hydrogen-bond acceptors (Lipinski definition) is 3. The predicted octanol–water partition coefficient (Wildman–Crippen LogP) is 2.88. The van der Waals surface area contributed by atoms with Crippen molar-refractivity contribution < 1.29 is 9.59 Å². The fraction of sp³-hybridized carbons (Fsp3) is 0.476. The monoisotopic (exact) mass is 381 g/mol. The van der Waals surface area contributed by atoms with Crippen LogP contribution in [0.2, 0.25) is 0 Å². The maximum Gasteiger partial charge on any atom is 0.323 e. The smallest absolute Gasteiger partial charge is 0.323 e. The molecule has 1 aromatic carbocycles. The Labute approximate surface area is 165 Å². The van der Waals surface area contributed by atoms with Gasteiger partial charge in [-0.3, -0.25) is 10.1 Å². The van der Waals surface area contributed by atoms with Crippen molar-refractivity contribution in [3.05, 3.63) is 41.6 Å². The van der Waals surface area contributed by atoms with Crippen LogP contribution >= 0.6 is 0 Å². The summed E-state index contributed by atoms with van der Waals surface area (Å²) in [5, 5.41) is 10.9. The highest BCUT2D eigenvalue weighted by Crippen LogP contribution is 2.26. The van der Waals surface area contributed by atoms with E-state index in [0.717, 1.165) is 42.6 Å². The maximum atomic E-state index is 13.1. The number of aryl methyl sites for hydroxylation is 1. The van der Waals surface area contributed by atoms with Crippen LogP contribution in [0, 0.1) is 12.8 Å². The third-order valence-electron chi connectivity index (χ3n) is 5.77. The Balaban J connectivity index is 1.61. The van der Waals surface area contributed by atoms with E-state index in [1.54, 1.807) is 9.58 Å². The largest absolute Gasteiger partial charge is 0.351 e. The molecule has 1 aromatic heterocycles. The van der Waals surface area contributed by atoms with E-state index in [4.69, 9.17) is 5.10 Å². The molecule has 2 bridgehead atoms. The Kier molecular flexibility index (Phi) is 5.07. The van der Waals surface area contributed by atoms with Gasteiger partial charge in [0.25, 0.3) is 0 Å².